The van der Waals surface area contributed by atoms with Crippen LogP contribution in [-0.4, -0.2) is 31.4 Å². The van der Waals surface area contributed by atoms with Gasteiger partial charge in [0.1, 0.15) is 16.9 Å². The molecule has 0 fully saturated rings. The standard InChI is InChI=1S/C24H21ClN6OS/c1-13-14(2)33-24-21(13)22(16-6-8-17(25)9-7-16)28-19(23-30-29-15(3)31(23)24)11-20(32)27-18-5-4-10-26-12-18/h4-10,12,19H,11H2,1-3H3,(H,27,32)/t19-/m0/s1. The summed E-state index contributed by atoms with van der Waals surface area (Å²) in [7, 11) is 0. The Labute approximate surface area is 200 Å². The number of amides is 1. The smallest absolute Gasteiger partial charge is 0.227 e. The van der Waals surface area contributed by atoms with Gasteiger partial charge in [0.05, 0.1) is 24.0 Å². The number of nitrogens with zero attached hydrogens (tertiary/aromatic N) is 5. The van der Waals surface area contributed by atoms with Gasteiger partial charge in [0.2, 0.25) is 5.91 Å². The van der Waals surface area contributed by atoms with Crippen LogP contribution in [0.15, 0.2) is 53.8 Å². The molecule has 1 aliphatic heterocycles. The van der Waals surface area contributed by atoms with Gasteiger partial charge in [0.15, 0.2) is 5.82 Å². The summed E-state index contributed by atoms with van der Waals surface area (Å²) >= 11 is 7.84. The van der Waals surface area contributed by atoms with Crippen molar-refractivity contribution in [2.75, 3.05) is 5.32 Å². The van der Waals surface area contributed by atoms with Crippen LogP contribution < -0.4 is 5.32 Å². The number of hydrogen-bond acceptors (Lipinski definition) is 6. The number of aromatic nitrogens is 4. The minimum atomic E-state index is -0.507. The summed E-state index contributed by atoms with van der Waals surface area (Å²) < 4.78 is 2.04. The van der Waals surface area contributed by atoms with E-state index in [0.717, 1.165) is 33.2 Å². The summed E-state index contributed by atoms with van der Waals surface area (Å²) in [4.78, 5) is 23.3. The Morgan fingerprint density at radius 2 is 1.94 bits per heavy atom. The number of benzene rings is 1. The van der Waals surface area contributed by atoms with Crippen molar-refractivity contribution in [3.63, 3.8) is 0 Å². The highest BCUT2D eigenvalue weighted by Gasteiger charge is 2.32. The van der Waals surface area contributed by atoms with Gasteiger partial charge in [-0.05, 0) is 50.6 Å². The predicted octanol–water partition coefficient (Wildman–Crippen LogP) is 5.22. The highest BCUT2D eigenvalue weighted by molar-refractivity contribution is 7.15. The largest absolute Gasteiger partial charge is 0.325 e. The number of aliphatic imine (C=N–C) groups is 1. The molecule has 5 rings (SSSR count). The van der Waals surface area contributed by atoms with Crippen molar-refractivity contribution in [3.05, 3.63) is 87.0 Å². The first-order chi connectivity index (χ1) is 15.9. The van der Waals surface area contributed by atoms with E-state index in [-0.39, 0.29) is 12.3 Å². The van der Waals surface area contributed by atoms with Gasteiger partial charge in [-0.15, -0.1) is 21.5 Å². The second kappa shape index (κ2) is 8.53. The molecule has 1 N–H and O–H groups in total. The van der Waals surface area contributed by atoms with Crippen LogP contribution >= 0.6 is 22.9 Å². The minimum absolute atomic E-state index is 0.122. The molecule has 0 radical (unpaired) electrons. The number of halogens is 1. The van der Waals surface area contributed by atoms with E-state index < -0.39 is 6.04 Å². The maximum absolute atomic E-state index is 12.9. The summed E-state index contributed by atoms with van der Waals surface area (Å²) in [5.74, 6) is 1.25. The number of hydrogen-bond donors (Lipinski definition) is 1. The molecule has 0 saturated heterocycles. The van der Waals surface area contributed by atoms with Crippen LogP contribution in [0, 0.1) is 20.8 Å². The van der Waals surface area contributed by atoms with E-state index in [4.69, 9.17) is 16.6 Å². The Hall–Kier alpha value is -3.36. The molecule has 1 aliphatic rings. The van der Waals surface area contributed by atoms with Crippen molar-refractivity contribution in [1.29, 1.82) is 0 Å². The van der Waals surface area contributed by atoms with E-state index in [1.165, 1.54) is 4.88 Å². The molecular weight excluding hydrogens is 456 g/mol. The number of fused-ring (bicyclic) bond motifs is 3. The molecule has 166 valence electrons. The third-order valence-electron chi connectivity index (χ3n) is 5.68. The van der Waals surface area contributed by atoms with Crippen LogP contribution in [0.3, 0.4) is 0 Å². The zero-order valence-electron chi connectivity index (χ0n) is 18.3. The number of thiophene rings is 1. The van der Waals surface area contributed by atoms with Gasteiger partial charge in [0.25, 0.3) is 0 Å². The summed E-state index contributed by atoms with van der Waals surface area (Å²) in [6, 6.07) is 10.7. The first kappa shape index (κ1) is 21.5. The second-order valence-corrected chi connectivity index (χ2v) is 9.54. The number of nitrogens with one attached hydrogen (secondary N) is 1. The molecule has 0 unspecified atom stereocenters. The van der Waals surface area contributed by atoms with Crippen molar-refractivity contribution >= 4 is 40.2 Å². The topological polar surface area (TPSA) is 85.1 Å². The molecule has 4 aromatic rings. The third kappa shape index (κ3) is 3.96. The van der Waals surface area contributed by atoms with E-state index in [2.05, 4.69) is 34.3 Å². The number of pyridine rings is 1. The fourth-order valence-corrected chi connectivity index (χ4v) is 5.30. The van der Waals surface area contributed by atoms with Gasteiger partial charge in [0, 0.05) is 27.2 Å². The molecule has 1 aromatic carbocycles. The Morgan fingerprint density at radius 3 is 2.67 bits per heavy atom. The van der Waals surface area contributed by atoms with E-state index in [9.17, 15) is 4.79 Å². The van der Waals surface area contributed by atoms with Crippen molar-refractivity contribution in [2.24, 2.45) is 4.99 Å². The van der Waals surface area contributed by atoms with Crippen LogP contribution in [0.4, 0.5) is 5.69 Å². The molecule has 9 heteroatoms. The van der Waals surface area contributed by atoms with Crippen LogP contribution in [0.1, 0.15) is 45.7 Å². The van der Waals surface area contributed by atoms with Crippen LogP contribution in [0.5, 0.6) is 0 Å². The molecule has 7 nitrogen and oxygen atoms in total. The predicted molar refractivity (Wildman–Crippen MR) is 131 cm³/mol. The van der Waals surface area contributed by atoms with Crippen molar-refractivity contribution in [2.45, 2.75) is 33.2 Å². The van der Waals surface area contributed by atoms with E-state index in [0.29, 0.717) is 16.5 Å². The van der Waals surface area contributed by atoms with Gasteiger partial charge < -0.3 is 5.32 Å². The molecule has 3 aromatic heterocycles. The lowest BCUT2D eigenvalue weighted by Gasteiger charge is -2.13. The van der Waals surface area contributed by atoms with E-state index in [1.807, 2.05) is 35.8 Å². The Kier molecular flexibility index (Phi) is 5.55. The molecule has 1 atom stereocenters. The lowest BCUT2D eigenvalue weighted by Crippen LogP contribution is -2.17. The quantitative estimate of drug-likeness (QED) is 0.437. The fraction of sp³-hybridized carbons (Fsp3) is 0.208. The molecule has 0 aliphatic carbocycles. The molecule has 1 amide bonds. The SMILES string of the molecule is Cc1sc2c(c1C)C(c1ccc(Cl)cc1)=N[C@@H](CC(=O)Nc1cccnc1)c1nnc(C)n1-2. The zero-order valence-corrected chi connectivity index (χ0v) is 19.9. The Bertz CT molecular complexity index is 1370. The van der Waals surface area contributed by atoms with Crippen molar-refractivity contribution in [1.82, 2.24) is 19.7 Å². The lowest BCUT2D eigenvalue weighted by molar-refractivity contribution is -0.116. The number of anilines is 1. The molecular formula is C24H21ClN6OS. The number of aryl methyl sites for hydroxylation is 2. The normalized spacial score (nSPS) is 14.8. The van der Waals surface area contributed by atoms with Gasteiger partial charge in [-0.3, -0.25) is 19.3 Å². The maximum atomic E-state index is 12.9. The minimum Gasteiger partial charge on any atom is -0.325 e. The molecule has 0 saturated carbocycles. The fourth-order valence-electron chi connectivity index (χ4n) is 3.96. The first-order valence-corrected chi connectivity index (χ1v) is 11.7. The van der Waals surface area contributed by atoms with Crippen LogP contribution in [-0.2, 0) is 4.79 Å². The Morgan fingerprint density at radius 1 is 1.15 bits per heavy atom. The van der Waals surface area contributed by atoms with E-state index in [1.54, 1.807) is 35.9 Å². The van der Waals surface area contributed by atoms with Gasteiger partial charge in [-0.25, -0.2) is 0 Å². The highest BCUT2D eigenvalue weighted by Crippen LogP contribution is 2.39. The van der Waals surface area contributed by atoms with Crippen molar-refractivity contribution < 1.29 is 4.79 Å². The van der Waals surface area contributed by atoms with Crippen LogP contribution in [0.25, 0.3) is 5.00 Å². The molecule has 33 heavy (non-hydrogen) atoms. The average molecular weight is 477 g/mol. The zero-order chi connectivity index (χ0) is 23.1. The monoisotopic (exact) mass is 476 g/mol. The summed E-state index contributed by atoms with van der Waals surface area (Å²) in [6.07, 6.45) is 3.40. The molecule has 0 bridgehead atoms. The van der Waals surface area contributed by atoms with Gasteiger partial charge in [-0.2, -0.15) is 0 Å². The molecule has 0 spiro atoms. The van der Waals surface area contributed by atoms with Crippen LogP contribution in [0.2, 0.25) is 5.02 Å². The summed E-state index contributed by atoms with van der Waals surface area (Å²) in [5.41, 5.74) is 4.60. The van der Waals surface area contributed by atoms with Gasteiger partial charge >= 0.3 is 0 Å². The number of rotatable bonds is 4. The molecule has 4 heterocycles. The Balaban J connectivity index is 1.64. The highest BCUT2D eigenvalue weighted by atomic mass is 35.5. The number of carbonyl (C=O) groups is 1. The second-order valence-electron chi connectivity index (χ2n) is 7.90. The van der Waals surface area contributed by atoms with E-state index >= 15 is 0 Å². The third-order valence-corrected chi connectivity index (χ3v) is 7.13. The number of carbonyl (C=O) groups excluding carboxylic acids is 1. The average Bonchev–Trinajstić information content (AvgIpc) is 3.27. The summed E-state index contributed by atoms with van der Waals surface area (Å²) in [6.45, 7) is 6.13. The summed E-state index contributed by atoms with van der Waals surface area (Å²) in [5, 5.41) is 13.3. The maximum Gasteiger partial charge on any atom is 0.227 e. The lowest BCUT2D eigenvalue weighted by atomic mass is 9.99. The van der Waals surface area contributed by atoms with Crippen molar-refractivity contribution in [3.8, 4) is 5.00 Å². The van der Waals surface area contributed by atoms with Gasteiger partial charge in [-0.1, -0.05) is 23.7 Å². The first-order valence-electron chi connectivity index (χ1n) is 10.5.